The summed E-state index contributed by atoms with van der Waals surface area (Å²) in [5, 5.41) is 4.50. The molecule has 0 unspecified atom stereocenters. The summed E-state index contributed by atoms with van der Waals surface area (Å²) in [4.78, 5) is 9.70. The second-order valence-corrected chi connectivity index (χ2v) is 14.3. The van der Waals surface area contributed by atoms with E-state index in [2.05, 4.69) is 99.8 Å². The van der Waals surface area contributed by atoms with Gasteiger partial charge in [0.2, 0.25) is 0 Å². The van der Waals surface area contributed by atoms with Crippen LogP contribution >= 0.6 is 22.7 Å². The van der Waals surface area contributed by atoms with Gasteiger partial charge in [0.05, 0.1) is 0 Å². The molecule has 5 aromatic heterocycles. The molecule has 0 saturated heterocycles. The number of aromatic nitrogens is 3. The molecule has 8 rings (SSSR count). The number of ether oxygens (including phenoxy) is 1. The van der Waals surface area contributed by atoms with Crippen molar-refractivity contribution in [3.05, 3.63) is 102 Å². The Morgan fingerprint density at radius 3 is 2.37 bits per heavy atom. The average molecular weight is 777 g/mol. The largest absolute Gasteiger partial charge is 2.00 e. The van der Waals surface area contributed by atoms with Gasteiger partial charge in [-0.15, -0.1) is 40.3 Å². The molecule has 5 heterocycles. The number of hydrogen-bond acceptors (Lipinski definition) is 5. The standard InChI is InChI=1S/C36H27N3OS2.Pt/c1-20-14-32(37-18-21(20)2)39-28-9-7-6-8-25(28)26-12-10-24(17-29(26)39)40-23-11-13-30-27(16-23)33-34-31(42-35(33)41-30)15-22(19-38-34)36(3,4)5;/h6-15,18-19H,1-5H3;/q-2;+2. The van der Waals surface area contributed by atoms with Gasteiger partial charge < -0.3 is 9.30 Å². The Balaban J connectivity index is 0.00000300. The summed E-state index contributed by atoms with van der Waals surface area (Å²) in [6.45, 7) is 10.9. The first-order valence-corrected chi connectivity index (χ1v) is 15.6. The van der Waals surface area contributed by atoms with Crippen molar-refractivity contribution in [3.8, 4) is 17.3 Å². The number of pyridine rings is 2. The van der Waals surface area contributed by atoms with Crippen LogP contribution in [0.4, 0.5) is 0 Å². The second kappa shape index (κ2) is 10.3. The van der Waals surface area contributed by atoms with Gasteiger partial charge >= 0.3 is 21.1 Å². The summed E-state index contributed by atoms with van der Waals surface area (Å²) >= 11 is 3.61. The van der Waals surface area contributed by atoms with Gasteiger partial charge in [-0.05, 0) is 64.9 Å². The first-order chi connectivity index (χ1) is 20.2. The summed E-state index contributed by atoms with van der Waals surface area (Å²) < 4.78 is 12.3. The van der Waals surface area contributed by atoms with E-state index in [1.54, 1.807) is 11.3 Å². The van der Waals surface area contributed by atoms with Crippen LogP contribution in [0.5, 0.6) is 11.5 Å². The van der Waals surface area contributed by atoms with Crippen molar-refractivity contribution in [2.45, 2.75) is 40.0 Å². The third kappa shape index (κ3) is 4.59. The second-order valence-electron chi connectivity index (χ2n) is 11.9. The molecule has 0 bridgehead atoms. The molecule has 7 heteroatoms. The Kier molecular flexibility index (Phi) is 6.73. The Morgan fingerprint density at radius 1 is 0.791 bits per heavy atom. The maximum atomic E-state index is 6.44. The molecule has 0 amide bonds. The van der Waals surface area contributed by atoms with Crippen molar-refractivity contribution in [1.29, 1.82) is 0 Å². The summed E-state index contributed by atoms with van der Waals surface area (Å²) in [5.41, 5.74) is 6.76. The van der Waals surface area contributed by atoms with Crippen molar-refractivity contribution in [2.75, 3.05) is 0 Å². The van der Waals surface area contributed by atoms with E-state index in [4.69, 9.17) is 14.7 Å². The quantitative estimate of drug-likeness (QED) is 0.168. The van der Waals surface area contributed by atoms with Gasteiger partial charge in [-0.25, -0.2) is 4.98 Å². The zero-order chi connectivity index (χ0) is 28.7. The fourth-order valence-corrected chi connectivity index (χ4v) is 8.11. The number of hydrogen-bond donors (Lipinski definition) is 0. The van der Waals surface area contributed by atoms with Crippen LogP contribution in [0.15, 0.2) is 73.1 Å². The van der Waals surface area contributed by atoms with Crippen molar-refractivity contribution in [1.82, 2.24) is 14.5 Å². The number of fused-ring (bicyclic) bond motifs is 8. The predicted octanol–water partition coefficient (Wildman–Crippen LogP) is 10.5. The normalized spacial score (nSPS) is 12.1. The SMILES string of the molecule is Cc1cnc(-n2c3[c-]c(Oc4[c-]c5c(cc4)sc4sc6cc(C(C)(C)C)cnc6c45)ccc3c3ccccc32)cc1C.[Pt+2]. The molecule has 0 fully saturated rings. The van der Waals surface area contributed by atoms with Crippen LogP contribution < -0.4 is 4.74 Å². The minimum absolute atomic E-state index is 0. The number of nitrogens with zero attached hydrogens (tertiary/aromatic N) is 3. The van der Waals surface area contributed by atoms with Crippen LogP contribution in [0.1, 0.15) is 37.5 Å². The van der Waals surface area contributed by atoms with E-state index < -0.39 is 0 Å². The number of thiophene rings is 2. The topological polar surface area (TPSA) is 39.9 Å². The first-order valence-electron chi connectivity index (χ1n) is 14.0. The molecular weight excluding hydrogens is 750 g/mol. The minimum Gasteiger partial charge on any atom is -0.503 e. The fourth-order valence-electron chi connectivity index (χ4n) is 5.57. The smallest absolute Gasteiger partial charge is 0.503 e. The zero-order valence-electron chi connectivity index (χ0n) is 24.3. The molecule has 8 aromatic rings. The Bertz CT molecular complexity index is 2360. The summed E-state index contributed by atoms with van der Waals surface area (Å²) in [6.07, 6.45) is 3.95. The number of rotatable bonds is 3. The molecule has 0 radical (unpaired) electrons. The minimum atomic E-state index is 0. The van der Waals surface area contributed by atoms with E-state index in [9.17, 15) is 0 Å². The molecule has 0 spiro atoms. The molecule has 3 aromatic carbocycles. The van der Waals surface area contributed by atoms with Crippen LogP contribution in [0.3, 0.4) is 0 Å². The summed E-state index contributed by atoms with van der Waals surface area (Å²) in [7, 11) is 0. The van der Waals surface area contributed by atoms with E-state index in [1.165, 1.54) is 35.5 Å². The monoisotopic (exact) mass is 776 g/mol. The maximum absolute atomic E-state index is 6.44. The molecular formula is C36H27N3OPtS2. The third-order valence-electron chi connectivity index (χ3n) is 8.06. The van der Waals surface area contributed by atoms with Crippen molar-refractivity contribution in [3.63, 3.8) is 0 Å². The van der Waals surface area contributed by atoms with E-state index >= 15 is 0 Å². The van der Waals surface area contributed by atoms with Crippen LogP contribution in [0.25, 0.3) is 57.3 Å². The van der Waals surface area contributed by atoms with Crippen LogP contribution in [-0.4, -0.2) is 14.5 Å². The van der Waals surface area contributed by atoms with Crippen molar-refractivity contribution >= 4 is 74.2 Å². The summed E-state index contributed by atoms with van der Waals surface area (Å²) in [6, 6.07) is 28.2. The maximum Gasteiger partial charge on any atom is 2.00 e. The molecule has 0 N–H and O–H groups in total. The van der Waals surface area contributed by atoms with E-state index in [0.717, 1.165) is 38.5 Å². The van der Waals surface area contributed by atoms with Crippen LogP contribution in [-0.2, 0) is 26.5 Å². The third-order valence-corrected chi connectivity index (χ3v) is 10.4. The van der Waals surface area contributed by atoms with Crippen LogP contribution in [0, 0.1) is 26.0 Å². The average Bonchev–Trinajstić information content (AvgIpc) is 3.61. The Labute approximate surface area is 272 Å². The molecule has 214 valence electrons. The molecule has 4 nitrogen and oxygen atoms in total. The Hall–Kier alpha value is -3.57. The zero-order valence-corrected chi connectivity index (χ0v) is 28.2. The van der Waals surface area contributed by atoms with Gasteiger partial charge in [0.25, 0.3) is 0 Å². The van der Waals surface area contributed by atoms with Gasteiger partial charge in [-0.1, -0.05) is 61.3 Å². The number of aryl methyl sites for hydroxylation is 2. The molecule has 0 saturated carbocycles. The van der Waals surface area contributed by atoms with Gasteiger partial charge in [-0.2, -0.15) is 17.4 Å². The van der Waals surface area contributed by atoms with Gasteiger partial charge in [0.15, 0.2) is 0 Å². The summed E-state index contributed by atoms with van der Waals surface area (Å²) in [5.74, 6) is 2.17. The van der Waals surface area contributed by atoms with Crippen molar-refractivity contribution in [2.24, 2.45) is 0 Å². The van der Waals surface area contributed by atoms with Gasteiger partial charge in [0, 0.05) is 43.6 Å². The van der Waals surface area contributed by atoms with Crippen molar-refractivity contribution < 1.29 is 25.8 Å². The van der Waals surface area contributed by atoms with E-state index in [1.807, 2.05) is 35.9 Å². The molecule has 0 aliphatic carbocycles. The van der Waals surface area contributed by atoms with E-state index in [-0.39, 0.29) is 26.5 Å². The number of para-hydroxylation sites is 1. The van der Waals surface area contributed by atoms with Crippen LogP contribution in [0.2, 0.25) is 0 Å². The van der Waals surface area contributed by atoms with Gasteiger partial charge in [0.1, 0.15) is 5.82 Å². The molecule has 0 atom stereocenters. The molecule has 0 aliphatic rings. The van der Waals surface area contributed by atoms with Gasteiger partial charge in [-0.3, -0.25) is 4.98 Å². The Morgan fingerprint density at radius 2 is 1.56 bits per heavy atom. The molecule has 0 aliphatic heterocycles. The fraction of sp³-hybridized carbons (Fsp3) is 0.167. The van der Waals surface area contributed by atoms with E-state index in [0.29, 0.717) is 11.5 Å². The number of benzene rings is 3. The predicted molar refractivity (Wildman–Crippen MR) is 177 cm³/mol. The molecule has 43 heavy (non-hydrogen) atoms. The first kappa shape index (κ1) is 28.2.